The molecule has 1 unspecified atom stereocenters. The lowest BCUT2D eigenvalue weighted by molar-refractivity contribution is -0.147. The lowest BCUT2D eigenvalue weighted by Crippen LogP contribution is -2.49. The topological polar surface area (TPSA) is 90.0 Å². The van der Waals surface area contributed by atoms with Crippen molar-refractivity contribution in [2.24, 2.45) is 5.41 Å². The van der Waals surface area contributed by atoms with E-state index in [1.807, 2.05) is 43.3 Å². The van der Waals surface area contributed by atoms with Gasteiger partial charge in [-0.25, -0.2) is 4.79 Å². The van der Waals surface area contributed by atoms with Crippen LogP contribution in [0.1, 0.15) is 18.4 Å². The summed E-state index contributed by atoms with van der Waals surface area (Å²) in [6.45, 7) is 0. The number of nitrogens with one attached hydrogen (secondary N) is 1. The molecule has 1 aliphatic rings. The van der Waals surface area contributed by atoms with E-state index in [0.717, 1.165) is 11.3 Å². The number of carboxylic acid groups (broad SMARTS) is 1. The molecule has 7 heteroatoms. The first kappa shape index (κ1) is 18.8. The van der Waals surface area contributed by atoms with Gasteiger partial charge in [0.1, 0.15) is 11.5 Å². The summed E-state index contributed by atoms with van der Waals surface area (Å²) in [6, 6.07) is 6.41. The van der Waals surface area contributed by atoms with Crippen LogP contribution in [0.2, 0.25) is 0 Å². The van der Waals surface area contributed by atoms with E-state index in [1.54, 1.807) is 14.1 Å². The van der Waals surface area contributed by atoms with Crippen LogP contribution in [-0.4, -0.2) is 62.0 Å². The summed E-state index contributed by atoms with van der Waals surface area (Å²) in [6.07, 6.45) is 1.08. The highest BCUT2D eigenvalue weighted by Gasteiger charge is 2.57. The Hall–Kier alpha value is -2.57. The number of rotatable bonds is 7. The number of hydrogen-bond acceptors (Lipinski definition) is 4. The Balaban J connectivity index is 2.07. The first-order valence-corrected chi connectivity index (χ1v) is 8.19. The van der Waals surface area contributed by atoms with Crippen LogP contribution in [0, 0.1) is 5.41 Å². The van der Waals surface area contributed by atoms with Gasteiger partial charge in [0.2, 0.25) is 11.8 Å². The average Bonchev–Trinajstić information content (AvgIpc) is 3.35. The number of hydrogen-bond donors (Lipinski definition) is 2. The van der Waals surface area contributed by atoms with Crippen LogP contribution in [0.25, 0.3) is 0 Å². The average molecular weight is 347 g/mol. The molecule has 1 aliphatic carbocycles. The largest absolute Gasteiger partial charge is 0.480 e. The fourth-order valence-corrected chi connectivity index (χ4v) is 2.75. The molecule has 0 heterocycles. The SMILES string of the molecule is CN(C)C(=O)C1(C(=O)NC(Cc2ccc(N(C)C)cc2)C(=O)O)CC1. The highest BCUT2D eigenvalue weighted by Crippen LogP contribution is 2.47. The summed E-state index contributed by atoms with van der Waals surface area (Å²) >= 11 is 0. The number of carboxylic acids is 1. The molecular formula is C18H25N3O4. The van der Waals surface area contributed by atoms with E-state index < -0.39 is 23.3 Å². The number of nitrogens with zero attached hydrogens (tertiary/aromatic N) is 2. The lowest BCUT2D eigenvalue weighted by Gasteiger charge is -2.22. The molecule has 2 N–H and O–H groups in total. The molecule has 1 fully saturated rings. The third-order valence-electron chi connectivity index (χ3n) is 4.50. The number of amides is 2. The standard InChI is InChI=1S/C18H25N3O4/c1-20(2)13-7-5-12(6-8-13)11-14(15(22)23)19-16(24)18(9-10-18)17(25)21(3)4/h5-8,14H,9-11H2,1-4H3,(H,19,24)(H,22,23). The molecule has 0 radical (unpaired) electrons. The van der Waals surface area contributed by atoms with Gasteiger partial charge in [-0.3, -0.25) is 9.59 Å². The molecular weight excluding hydrogens is 322 g/mol. The summed E-state index contributed by atoms with van der Waals surface area (Å²) in [5.74, 6) is -1.88. The van der Waals surface area contributed by atoms with Crippen molar-refractivity contribution in [3.63, 3.8) is 0 Å². The number of anilines is 1. The van der Waals surface area contributed by atoms with Crippen molar-refractivity contribution in [1.29, 1.82) is 0 Å². The second-order valence-corrected chi connectivity index (χ2v) is 6.91. The van der Waals surface area contributed by atoms with E-state index in [2.05, 4.69) is 5.32 Å². The smallest absolute Gasteiger partial charge is 0.326 e. The summed E-state index contributed by atoms with van der Waals surface area (Å²) < 4.78 is 0. The Morgan fingerprint density at radius 1 is 1.12 bits per heavy atom. The Labute approximate surface area is 147 Å². The Kier molecular flexibility index (Phi) is 5.35. The monoisotopic (exact) mass is 347 g/mol. The molecule has 1 atom stereocenters. The van der Waals surface area contributed by atoms with Crippen LogP contribution in [0.3, 0.4) is 0 Å². The van der Waals surface area contributed by atoms with Crippen molar-refractivity contribution in [3.05, 3.63) is 29.8 Å². The maximum absolute atomic E-state index is 12.5. The highest BCUT2D eigenvalue weighted by atomic mass is 16.4. The van der Waals surface area contributed by atoms with Gasteiger partial charge in [-0.15, -0.1) is 0 Å². The third-order valence-corrected chi connectivity index (χ3v) is 4.50. The molecule has 2 amide bonds. The maximum Gasteiger partial charge on any atom is 0.326 e. The molecule has 1 aromatic carbocycles. The summed E-state index contributed by atoms with van der Waals surface area (Å²) in [7, 11) is 7.03. The minimum absolute atomic E-state index is 0.168. The fraction of sp³-hybridized carbons (Fsp3) is 0.500. The van der Waals surface area contributed by atoms with Crippen LogP contribution < -0.4 is 10.2 Å². The third kappa shape index (κ3) is 4.10. The molecule has 7 nitrogen and oxygen atoms in total. The predicted octanol–water partition coefficient (Wildman–Crippen LogP) is 0.733. The molecule has 0 aromatic heterocycles. The van der Waals surface area contributed by atoms with Gasteiger partial charge >= 0.3 is 5.97 Å². The predicted molar refractivity (Wildman–Crippen MR) is 94.4 cm³/mol. The molecule has 25 heavy (non-hydrogen) atoms. The summed E-state index contributed by atoms with van der Waals surface area (Å²) in [5.41, 5.74) is 0.724. The molecule has 0 aliphatic heterocycles. The van der Waals surface area contributed by atoms with E-state index in [4.69, 9.17) is 0 Å². The van der Waals surface area contributed by atoms with Crippen LogP contribution in [0.15, 0.2) is 24.3 Å². The van der Waals surface area contributed by atoms with Crippen LogP contribution in [0.4, 0.5) is 5.69 Å². The quantitative estimate of drug-likeness (QED) is 0.710. The molecule has 2 rings (SSSR count). The molecule has 1 saturated carbocycles. The first-order valence-electron chi connectivity index (χ1n) is 8.19. The fourth-order valence-electron chi connectivity index (χ4n) is 2.75. The normalized spacial score (nSPS) is 15.8. The van der Waals surface area contributed by atoms with Crippen molar-refractivity contribution < 1.29 is 19.5 Å². The number of carbonyl (C=O) groups excluding carboxylic acids is 2. The van der Waals surface area contributed by atoms with E-state index in [1.165, 1.54) is 4.90 Å². The second kappa shape index (κ2) is 7.13. The van der Waals surface area contributed by atoms with Crippen LogP contribution in [0.5, 0.6) is 0 Å². The number of benzene rings is 1. The zero-order valence-electron chi connectivity index (χ0n) is 15.1. The molecule has 0 saturated heterocycles. The van der Waals surface area contributed by atoms with Crippen molar-refractivity contribution >= 4 is 23.5 Å². The van der Waals surface area contributed by atoms with Crippen LogP contribution >= 0.6 is 0 Å². The van der Waals surface area contributed by atoms with Crippen molar-refractivity contribution in [1.82, 2.24) is 10.2 Å². The first-order chi connectivity index (χ1) is 11.7. The van der Waals surface area contributed by atoms with Gasteiger partial charge in [0.25, 0.3) is 0 Å². The van der Waals surface area contributed by atoms with Gasteiger partial charge in [0.15, 0.2) is 0 Å². The highest BCUT2D eigenvalue weighted by molar-refractivity contribution is 6.08. The maximum atomic E-state index is 12.5. The van der Waals surface area contributed by atoms with E-state index >= 15 is 0 Å². The van der Waals surface area contributed by atoms with Crippen molar-refractivity contribution in [2.45, 2.75) is 25.3 Å². The Morgan fingerprint density at radius 3 is 2.08 bits per heavy atom. The van der Waals surface area contributed by atoms with Crippen molar-refractivity contribution in [2.75, 3.05) is 33.1 Å². The molecule has 0 spiro atoms. The second-order valence-electron chi connectivity index (χ2n) is 6.91. The van der Waals surface area contributed by atoms with Gasteiger partial charge in [-0.2, -0.15) is 0 Å². The van der Waals surface area contributed by atoms with Crippen molar-refractivity contribution in [3.8, 4) is 0 Å². The molecule has 0 bridgehead atoms. The summed E-state index contributed by atoms with van der Waals surface area (Å²) in [5, 5.41) is 12.0. The number of carbonyl (C=O) groups is 3. The summed E-state index contributed by atoms with van der Waals surface area (Å²) in [4.78, 5) is 39.6. The van der Waals surface area contributed by atoms with Crippen LogP contribution in [-0.2, 0) is 20.8 Å². The Bertz CT molecular complexity index is 663. The molecule has 136 valence electrons. The minimum Gasteiger partial charge on any atom is -0.480 e. The molecule has 1 aromatic rings. The van der Waals surface area contributed by atoms with Gasteiger partial charge in [0.05, 0.1) is 0 Å². The van der Waals surface area contributed by atoms with E-state index in [9.17, 15) is 19.5 Å². The van der Waals surface area contributed by atoms with E-state index in [0.29, 0.717) is 12.8 Å². The zero-order chi connectivity index (χ0) is 18.8. The van der Waals surface area contributed by atoms with E-state index in [-0.39, 0.29) is 12.3 Å². The van der Waals surface area contributed by atoms with Gasteiger partial charge in [-0.1, -0.05) is 12.1 Å². The lowest BCUT2D eigenvalue weighted by atomic mass is 10.0. The van der Waals surface area contributed by atoms with Gasteiger partial charge in [0, 0.05) is 40.3 Å². The van der Waals surface area contributed by atoms with Gasteiger partial charge in [-0.05, 0) is 30.5 Å². The minimum atomic E-state index is -1.11. The van der Waals surface area contributed by atoms with Gasteiger partial charge < -0.3 is 20.2 Å². The Morgan fingerprint density at radius 2 is 1.68 bits per heavy atom. The zero-order valence-corrected chi connectivity index (χ0v) is 15.1. The number of aliphatic carboxylic acids is 1.